The number of ketones is 1. The molecule has 0 saturated heterocycles. The van der Waals surface area contributed by atoms with Gasteiger partial charge in [-0.05, 0) is 213 Å². The fraction of sp³-hybridized carbons (Fsp3) is 0.671. The van der Waals surface area contributed by atoms with Crippen molar-refractivity contribution in [2.75, 3.05) is 33.2 Å². The van der Waals surface area contributed by atoms with Gasteiger partial charge in [0.25, 0.3) is 0 Å². The third-order valence-electron chi connectivity index (χ3n) is 19.0. The minimum atomic E-state index is -0.303. The molecule has 0 saturated carbocycles. The fourth-order valence-corrected chi connectivity index (χ4v) is 12.8. The maximum Gasteiger partial charge on any atom is 0.220 e. The summed E-state index contributed by atoms with van der Waals surface area (Å²) in [6.07, 6.45) is 24.3. The molecule has 0 aliphatic rings. The number of amides is 8. The summed E-state index contributed by atoms with van der Waals surface area (Å²) < 4.78 is 0. The molecule has 4 rings (SSSR count). The van der Waals surface area contributed by atoms with Gasteiger partial charge in [-0.1, -0.05) is 62.1 Å². The third-order valence-corrected chi connectivity index (χ3v) is 19.0. The van der Waals surface area contributed by atoms with Crippen LogP contribution in [0.3, 0.4) is 0 Å². The number of rotatable bonds is 58. The van der Waals surface area contributed by atoms with Gasteiger partial charge in [-0.3, -0.25) is 44.6 Å². The molecule has 593 valence electrons. The molecule has 21 N–H and O–H groups in total. The number of nitrogens with one attached hydrogen (secondary N) is 11. The third kappa shape index (κ3) is 44.1. The summed E-state index contributed by atoms with van der Waals surface area (Å²) in [5.74, 6) is -0.834. The molecule has 1 radical (unpaired) electrons. The van der Waals surface area contributed by atoms with Crippen molar-refractivity contribution in [3.63, 3.8) is 0 Å². The van der Waals surface area contributed by atoms with E-state index in [1.165, 1.54) is 6.92 Å². The number of Topliss-reactive ketones (excluding diaryl/α,β-unsaturated/α-hetero) is 1. The van der Waals surface area contributed by atoms with E-state index in [2.05, 4.69) is 63.9 Å². The van der Waals surface area contributed by atoms with Gasteiger partial charge >= 0.3 is 0 Å². The molecule has 106 heavy (non-hydrogen) atoms. The normalized spacial score (nSPS) is 14.0. The minimum Gasteiger partial charge on any atom is -0.542 e. The molecule has 0 fully saturated rings. The van der Waals surface area contributed by atoms with Crippen molar-refractivity contribution in [3.8, 4) is 0 Å². The van der Waals surface area contributed by atoms with Crippen LogP contribution >= 0.6 is 0 Å². The number of H-pyrrole nitrogens is 2. The van der Waals surface area contributed by atoms with Crippen molar-refractivity contribution < 1.29 is 80.7 Å². The summed E-state index contributed by atoms with van der Waals surface area (Å²) in [7, 11) is 1.92. The number of fused-ring (bicyclic) bond motifs is 2. The van der Waals surface area contributed by atoms with Gasteiger partial charge in [0, 0.05) is 185 Å². The topological polar surface area (TPSA) is 441 Å². The van der Waals surface area contributed by atoms with Gasteiger partial charge in [0.05, 0.1) is 0 Å². The predicted octanol–water partition coefficient (Wildman–Crippen LogP) is 6.92. The van der Waals surface area contributed by atoms with E-state index < -0.39 is 0 Å². The van der Waals surface area contributed by atoms with Crippen molar-refractivity contribution in [3.05, 3.63) is 72.1 Å². The molecular weight excluding hydrogens is 1420 g/mol. The van der Waals surface area contributed by atoms with E-state index in [-0.39, 0.29) is 191 Å². The Morgan fingerprint density at radius 3 is 1.01 bits per heavy atom. The van der Waals surface area contributed by atoms with Gasteiger partial charge in [0.1, 0.15) is 5.78 Å². The van der Waals surface area contributed by atoms with Gasteiger partial charge < -0.3 is 96.1 Å². The molecule has 27 heteroatoms. The van der Waals surface area contributed by atoms with Gasteiger partial charge in [-0.2, -0.15) is 0 Å². The Bertz CT molecular complexity index is 3170. The monoisotopic (exact) mass is 1550 g/mol. The molecule has 2 aromatic heterocycles. The number of aromatic amines is 2. The number of unbranched alkanes of at least 4 members (excludes halogenated alkanes) is 4. The number of benzene rings is 2. The maximum absolute atomic E-state index is 13.5. The smallest absolute Gasteiger partial charge is 0.220 e. The molecular formula is C79H133N16O10Y-. The average Bonchev–Trinajstić information content (AvgIpc) is 1.69. The Morgan fingerprint density at radius 1 is 0.377 bits per heavy atom. The summed E-state index contributed by atoms with van der Waals surface area (Å²) in [6.45, 7) is 11.3. The summed E-state index contributed by atoms with van der Waals surface area (Å²) in [6, 6.07) is 14.5. The molecule has 0 bridgehead atoms. The second kappa shape index (κ2) is 57.6. The van der Waals surface area contributed by atoms with Gasteiger partial charge in [0.2, 0.25) is 47.3 Å². The first-order chi connectivity index (χ1) is 50.5. The number of carbonyl (C=O) groups is 9. The number of carbonyl (C=O) groups excluding carboxylic acids is 10. The van der Waals surface area contributed by atoms with E-state index in [9.17, 15) is 47.9 Å². The van der Waals surface area contributed by atoms with Crippen molar-refractivity contribution in [1.29, 1.82) is 0 Å². The van der Waals surface area contributed by atoms with Crippen LogP contribution in [0.2, 0.25) is 0 Å². The van der Waals surface area contributed by atoms with Crippen LogP contribution < -0.4 is 76.5 Å². The molecule has 0 spiro atoms. The first kappa shape index (κ1) is 95.6. The van der Waals surface area contributed by atoms with E-state index in [0.717, 1.165) is 110 Å². The van der Waals surface area contributed by atoms with Gasteiger partial charge in [-0.25, -0.2) is 0 Å². The maximum atomic E-state index is 13.5. The average molecular weight is 1560 g/mol. The number of para-hydroxylation sites is 2. The molecule has 8 amide bonds. The molecule has 10 atom stereocenters. The van der Waals surface area contributed by atoms with Crippen LogP contribution in [0.25, 0.3) is 21.8 Å². The largest absolute Gasteiger partial charge is 0.542 e. The zero-order valence-corrected chi connectivity index (χ0v) is 67.6. The van der Waals surface area contributed by atoms with Crippen molar-refractivity contribution in [2.24, 2.45) is 28.7 Å². The molecule has 2 aromatic carbocycles. The van der Waals surface area contributed by atoms with Crippen LogP contribution in [-0.2, 0) is 93.5 Å². The van der Waals surface area contributed by atoms with E-state index in [1.54, 1.807) is 6.92 Å². The van der Waals surface area contributed by atoms with E-state index in [0.29, 0.717) is 116 Å². The molecule has 0 unspecified atom stereocenters. The Balaban J connectivity index is 0.000000742. The van der Waals surface area contributed by atoms with Crippen LogP contribution in [0.15, 0.2) is 60.9 Å². The predicted molar refractivity (Wildman–Crippen MR) is 419 cm³/mol. The SMILES string of the molecule is CC(=O)CC[C@H](C)NC(=O)CC[C@H](Cc1c[nH]c2ccccc12)NC(=O)CC[C@H](CCCCN)NC(=O)CC[C@H](C)NC(=O)CC[C@H](CCCCN)NC(=O)CC[C@H](C)N.CN[C@@H](CCCCN)CCC(=O)N[C@H](CCC(=O)N[C@@H](CCCCN)CCC(=O)N[C@@H](C)C[C-]=O)Cc1c[nH]c2ccccc12.[Y]. The second-order valence-corrected chi connectivity index (χ2v) is 28.9. The summed E-state index contributed by atoms with van der Waals surface area (Å²) in [5, 5.41) is 29.9. The molecule has 0 aliphatic carbocycles. The molecule has 4 aromatic rings. The number of hydrogen-bond acceptors (Lipinski definition) is 16. The Labute approximate surface area is 656 Å². The van der Waals surface area contributed by atoms with Crippen molar-refractivity contribution in [2.45, 2.75) is 307 Å². The standard InChI is InChI=1S/C45H77N9O6.C34H56N7O4.Y/c1-31(48)15-22-43(58)52-36(11-7-9-27-46)19-24-41(56)51-33(3)17-23-44(59)53-37(12-8-10-28-47)20-25-45(60)54-38(21-26-42(57)50-32(2)16-18-34(4)55)29-35-30-49-40-14-6-5-13-39(35)40;1-25(19-22-42)39-32(43)17-14-28(10-6-8-21-36)40-33(44)18-15-29(23-26-24-38-31-12-4-3-11-30(26)31)41-34(45)16-13-27(37-2)9-5-7-20-35;/h5-6,13-14,30-33,36-38,49H,7-12,15-29,46-48H2,1-4H3,(H,50,57)(H,51,56)(H,52,58)(H,53,59)(H,54,60);3-4,11-12,24-25,27-29,37-38H,5-10,13-21,23,35-36H2,1-2H3,(H,39,43)(H,40,44)(H,41,45);/q;-1;/t31-,32-,33-,36-,37-,38+;25-,27-,28-,29+;/m00./s1. The van der Waals surface area contributed by atoms with Gasteiger partial charge in [-0.15, -0.1) is 6.42 Å². The molecule has 26 nitrogen and oxygen atoms in total. The Kier molecular flexibility index (Phi) is 51.9. The van der Waals surface area contributed by atoms with Crippen LogP contribution in [0.5, 0.6) is 0 Å². The summed E-state index contributed by atoms with van der Waals surface area (Å²) in [4.78, 5) is 132. The quantitative estimate of drug-likeness (QED) is 0.0157. The fourth-order valence-electron chi connectivity index (χ4n) is 12.8. The second-order valence-electron chi connectivity index (χ2n) is 28.9. The van der Waals surface area contributed by atoms with E-state index in [1.807, 2.05) is 89.0 Å². The van der Waals surface area contributed by atoms with Crippen LogP contribution in [0.1, 0.15) is 245 Å². The molecule has 2 heterocycles. The number of nitrogens with two attached hydrogens (primary N) is 5. The van der Waals surface area contributed by atoms with Crippen molar-refractivity contribution >= 4 is 81.1 Å². The summed E-state index contributed by atoms with van der Waals surface area (Å²) >= 11 is 0. The minimum absolute atomic E-state index is 0. The Morgan fingerprint density at radius 2 is 0.670 bits per heavy atom. The number of aromatic nitrogens is 2. The number of hydrogen-bond donors (Lipinski definition) is 16. The van der Waals surface area contributed by atoms with Crippen molar-refractivity contribution in [1.82, 2.24) is 57.8 Å². The van der Waals surface area contributed by atoms with E-state index >= 15 is 0 Å². The first-order valence-corrected chi connectivity index (χ1v) is 39.0. The molecule has 0 aliphatic heterocycles. The van der Waals surface area contributed by atoms with E-state index in [4.69, 9.17) is 28.7 Å². The van der Waals surface area contributed by atoms with Crippen LogP contribution in [0.4, 0.5) is 0 Å². The zero-order valence-electron chi connectivity index (χ0n) is 64.8. The Hall–Kier alpha value is -6.52. The zero-order chi connectivity index (χ0) is 77.2. The van der Waals surface area contributed by atoms with Crippen LogP contribution in [-0.4, -0.2) is 163 Å². The first-order valence-electron chi connectivity index (χ1n) is 39.0. The summed E-state index contributed by atoms with van der Waals surface area (Å²) in [5.41, 5.74) is 32.7. The van der Waals surface area contributed by atoms with Crippen LogP contribution in [0, 0.1) is 0 Å². The van der Waals surface area contributed by atoms with Gasteiger partial charge in [0.15, 0.2) is 0 Å².